The number of piperidine rings is 2. The SMILES string of the molecule is OC1(c2nccc3ccccc23)CC2CCCC(C1)N2. The Balaban J connectivity index is 1.81. The lowest BCUT2D eigenvalue weighted by Gasteiger charge is -2.45. The van der Waals surface area contributed by atoms with E-state index in [9.17, 15) is 5.11 Å². The van der Waals surface area contributed by atoms with Crippen molar-refractivity contribution in [3.63, 3.8) is 0 Å². The number of rotatable bonds is 1. The molecular formula is C17H20N2O. The minimum Gasteiger partial charge on any atom is -0.383 e. The lowest BCUT2D eigenvalue weighted by Crippen LogP contribution is -2.54. The second-order valence-electron chi connectivity index (χ2n) is 6.31. The van der Waals surface area contributed by atoms with Crippen LogP contribution in [-0.2, 0) is 5.60 Å². The number of aliphatic hydroxyl groups is 1. The molecule has 0 saturated carbocycles. The molecule has 3 nitrogen and oxygen atoms in total. The molecule has 1 aromatic carbocycles. The molecule has 20 heavy (non-hydrogen) atoms. The number of hydrogen-bond donors (Lipinski definition) is 2. The van der Waals surface area contributed by atoms with E-state index >= 15 is 0 Å². The third-order valence-corrected chi connectivity index (χ3v) is 4.86. The Morgan fingerprint density at radius 1 is 1.10 bits per heavy atom. The fourth-order valence-electron chi connectivity index (χ4n) is 4.02. The predicted molar refractivity (Wildman–Crippen MR) is 79.4 cm³/mol. The van der Waals surface area contributed by atoms with Crippen LogP contribution in [0.25, 0.3) is 10.8 Å². The number of nitrogens with zero attached hydrogens (tertiary/aromatic N) is 1. The van der Waals surface area contributed by atoms with E-state index in [0.29, 0.717) is 12.1 Å². The van der Waals surface area contributed by atoms with E-state index in [4.69, 9.17) is 0 Å². The van der Waals surface area contributed by atoms with Crippen LogP contribution in [0.4, 0.5) is 0 Å². The van der Waals surface area contributed by atoms with Gasteiger partial charge in [0.15, 0.2) is 0 Å². The molecule has 2 aliphatic heterocycles. The highest BCUT2D eigenvalue weighted by molar-refractivity contribution is 5.85. The van der Waals surface area contributed by atoms with E-state index in [2.05, 4.69) is 22.4 Å². The highest BCUT2D eigenvalue weighted by Gasteiger charge is 2.43. The van der Waals surface area contributed by atoms with E-state index in [-0.39, 0.29) is 0 Å². The lowest BCUT2D eigenvalue weighted by atomic mass is 9.75. The first-order valence-corrected chi connectivity index (χ1v) is 7.57. The van der Waals surface area contributed by atoms with Crippen molar-refractivity contribution < 1.29 is 5.11 Å². The maximum Gasteiger partial charge on any atom is 0.110 e. The van der Waals surface area contributed by atoms with Gasteiger partial charge in [0.05, 0.1) is 5.69 Å². The summed E-state index contributed by atoms with van der Waals surface area (Å²) in [7, 11) is 0. The summed E-state index contributed by atoms with van der Waals surface area (Å²) < 4.78 is 0. The molecule has 2 fully saturated rings. The highest BCUT2D eigenvalue weighted by Crippen LogP contribution is 2.40. The molecule has 2 saturated heterocycles. The first-order chi connectivity index (χ1) is 9.74. The molecule has 2 unspecified atom stereocenters. The summed E-state index contributed by atoms with van der Waals surface area (Å²) >= 11 is 0. The van der Waals surface area contributed by atoms with E-state index in [1.165, 1.54) is 19.3 Å². The summed E-state index contributed by atoms with van der Waals surface area (Å²) in [4.78, 5) is 4.55. The zero-order valence-corrected chi connectivity index (χ0v) is 11.5. The van der Waals surface area contributed by atoms with Crippen molar-refractivity contribution in [3.05, 3.63) is 42.2 Å². The van der Waals surface area contributed by atoms with E-state index in [1.54, 1.807) is 0 Å². The van der Waals surface area contributed by atoms with Crippen LogP contribution >= 0.6 is 0 Å². The first kappa shape index (κ1) is 12.3. The molecule has 3 heteroatoms. The zero-order chi connectivity index (χ0) is 13.6. The van der Waals surface area contributed by atoms with Gasteiger partial charge in [-0.1, -0.05) is 30.7 Å². The Labute approximate surface area is 119 Å². The molecule has 2 N–H and O–H groups in total. The van der Waals surface area contributed by atoms with E-state index < -0.39 is 5.60 Å². The maximum atomic E-state index is 11.2. The Hall–Kier alpha value is -1.45. The Kier molecular flexibility index (Phi) is 2.79. The van der Waals surface area contributed by atoms with Crippen LogP contribution in [0.1, 0.15) is 37.8 Å². The molecule has 4 rings (SSSR count). The summed E-state index contributed by atoms with van der Waals surface area (Å²) in [5, 5.41) is 17.1. The topological polar surface area (TPSA) is 45.2 Å². The average Bonchev–Trinajstić information content (AvgIpc) is 2.46. The van der Waals surface area contributed by atoms with Crippen LogP contribution in [0.2, 0.25) is 0 Å². The monoisotopic (exact) mass is 268 g/mol. The van der Waals surface area contributed by atoms with Crippen molar-refractivity contribution in [2.75, 3.05) is 0 Å². The van der Waals surface area contributed by atoms with Crippen molar-refractivity contribution in [1.82, 2.24) is 10.3 Å². The van der Waals surface area contributed by atoms with Crippen LogP contribution in [-0.4, -0.2) is 22.2 Å². The standard InChI is InChI=1S/C17H20N2O/c20-17(10-13-5-3-6-14(11-17)19-13)16-15-7-2-1-4-12(15)8-9-18-16/h1-2,4,7-9,13-14,19-20H,3,5-6,10-11H2. The Morgan fingerprint density at radius 3 is 2.65 bits per heavy atom. The van der Waals surface area contributed by atoms with Crippen LogP contribution in [0.5, 0.6) is 0 Å². The molecule has 0 amide bonds. The van der Waals surface area contributed by atoms with Crippen LogP contribution in [0.15, 0.2) is 36.5 Å². The molecule has 0 aliphatic carbocycles. The summed E-state index contributed by atoms with van der Waals surface area (Å²) in [5.41, 5.74) is 0.0935. The molecule has 1 aromatic heterocycles. The van der Waals surface area contributed by atoms with Crippen LogP contribution in [0, 0.1) is 0 Å². The number of nitrogens with one attached hydrogen (secondary N) is 1. The molecule has 104 valence electrons. The first-order valence-electron chi connectivity index (χ1n) is 7.57. The zero-order valence-electron chi connectivity index (χ0n) is 11.5. The van der Waals surface area contributed by atoms with Gasteiger partial charge in [-0.25, -0.2) is 0 Å². The number of fused-ring (bicyclic) bond motifs is 3. The number of benzene rings is 1. The van der Waals surface area contributed by atoms with Crippen molar-refractivity contribution in [3.8, 4) is 0 Å². The van der Waals surface area contributed by atoms with Gasteiger partial charge < -0.3 is 10.4 Å². The third kappa shape index (κ3) is 1.93. The van der Waals surface area contributed by atoms with Gasteiger partial charge in [0, 0.05) is 23.7 Å². The Morgan fingerprint density at radius 2 is 1.85 bits per heavy atom. The third-order valence-electron chi connectivity index (χ3n) is 4.86. The van der Waals surface area contributed by atoms with E-state index in [1.807, 2.05) is 24.4 Å². The fraction of sp³-hybridized carbons (Fsp3) is 0.471. The molecule has 3 heterocycles. The van der Waals surface area contributed by atoms with Gasteiger partial charge in [-0.05, 0) is 37.1 Å². The maximum absolute atomic E-state index is 11.2. The second kappa shape index (κ2) is 4.54. The van der Waals surface area contributed by atoms with Gasteiger partial charge in [-0.2, -0.15) is 0 Å². The van der Waals surface area contributed by atoms with Crippen molar-refractivity contribution in [1.29, 1.82) is 0 Å². The van der Waals surface area contributed by atoms with E-state index in [0.717, 1.165) is 29.3 Å². The predicted octanol–water partition coefficient (Wildman–Crippen LogP) is 2.73. The average molecular weight is 268 g/mol. The largest absolute Gasteiger partial charge is 0.383 e. The minimum absolute atomic E-state index is 0.438. The van der Waals surface area contributed by atoms with Crippen molar-refractivity contribution in [2.24, 2.45) is 0 Å². The summed E-state index contributed by atoms with van der Waals surface area (Å²) in [6.07, 6.45) is 7.01. The van der Waals surface area contributed by atoms with Gasteiger partial charge in [-0.3, -0.25) is 4.98 Å². The van der Waals surface area contributed by atoms with Gasteiger partial charge in [0.2, 0.25) is 0 Å². The van der Waals surface area contributed by atoms with Crippen molar-refractivity contribution in [2.45, 2.75) is 49.8 Å². The molecule has 2 aromatic rings. The van der Waals surface area contributed by atoms with Crippen LogP contribution in [0.3, 0.4) is 0 Å². The van der Waals surface area contributed by atoms with Gasteiger partial charge in [0.25, 0.3) is 0 Å². The van der Waals surface area contributed by atoms with Gasteiger partial charge >= 0.3 is 0 Å². The number of pyridine rings is 1. The molecule has 0 radical (unpaired) electrons. The van der Waals surface area contributed by atoms with Crippen molar-refractivity contribution >= 4 is 10.8 Å². The summed E-state index contributed by atoms with van der Waals surface area (Å²) in [6.45, 7) is 0. The molecule has 2 atom stereocenters. The van der Waals surface area contributed by atoms with Gasteiger partial charge in [-0.15, -0.1) is 0 Å². The molecule has 0 spiro atoms. The fourth-order valence-corrected chi connectivity index (χ4v) is 4.02. The highest BCUT2D eigenvalue weighted by atomic mass is 16.3. The minimum atomic E-state index is -0.776. The second-order valence-corrected chi connectivity index (χ2v) is 6.31. The molecular weight excluding hydrogens is 248 g/mol. The number of aromatic nitrogens is 1. The quantitative estimate of drug-likeness (QED) is 0.836. The molecule has 2 aliphatic rings. The lowest BCUT2D eigenvalue weighted by molar-refractivity contribution is -0.0379. The Bertz CT molecular complexity index is 622. The van der Waals surface area contributed by atoms with Crippen LogP contribution < -0.4 is 5.32 Å². The van der Waals surface area contributed by atoms with Gasteiger partial charge in [0.1, 0.15) is 5.60 Å². The summed E-state index contributed by atoms with van der Waals surface area (Å²) in [5.74, 6) is 0. The molecule has 2 bridgehead atoms. The summed E-state index contributed by atoms with van der Waals surface area (Å²) in [6, 6.07) is 11.1. The normalized spacial score (nSPS) is 33.2. The number of hydrogen-bond acceptors (Lipinski definition) is 3. The smallest absolute Gasteiger partial charge is 0.110 e.